The molecule has 1 heterocycles. The summed E-state index contributed by atoms with van der Waals surface area (Å²) in [7, 11) is 0. The third-order valence-electron chi connectivity index (χ3n) is 3.28. The molecule has 0 aromatic heterocycles. The molecule has 0 aromatic rings. The number of nitrogens with zero attached hydrogens (tertiary/aromatic N) is 1. The molecule has 0 bridgehead atoms. The molecule has 0 amide bonds. The molecule has 0 N–H and O–H groups in total. The maximum atomic E-state index is 2.63. The van der Waals surface area contributed by atoms with Crippen molar-refractivity contribution in [3.63, 3.8) is 0 Å². The van der Waals surface area contributed by atoms with Gasteiger partial charge in [-0.25, -0.2) is 0 Å². The van der Waals surface area contributed by atoms with Gasteiger partial charge in [-0.2, -0.15) is 0 Å². The highest BCUT2D eigenvalue weighted by Crippen LogP contribution is 2.24. The summed E-state index contributed by atoms with van der Waals surface area (Å²) in [5.74, 6) is 1.54. The summed E-state index contributed by atoms with van der Waals surface area (Å²) in [6, 6.07) is 0. The Morgan fingerprint density at radius 3 is 2.80 bits per heavy atom. The minimum absolute atomic E-state index is 0.687. The van der Waals surface area contributed by atoms with E-state index >= 15 is 0 Å². The Hall–Kier alpha value is -0.460. The van der Waals surface area contributed by atoms with Crippen molar-refractivity contribution in [3.05, 3.63) is 11.8 Å². The van der Waals surface area contributed by atoms with Gasteiger partial charge in [0.05, 0.1) is 0 Å². The van der Waals surface area contributed by atoms with Crippen LogP contribution in [-0.4, -0.2) is 18.0 Å². The molecule has 0 aliphatic carbocycles. The van der Waals surface area contributed by atoms with E-state index in [2.05, 4.69) is 38.7 Å². The molecule has 15 heavy (non-hydrogen) atoms. The molecule has 0 saturated heterocycles. The third kappa shape index (κ3) is 3.89. The van der Waals surface area contributed by atoms with Gasteiger partial charge in [-0.3, -0.25) is 0 Å². The predicted octanol–water partition coefficient (Wildman–Crippen LogP) is 4.06. The molecule has 1 nitrogen and oxygen atoms in total. The maximum absolute atomic E-state index is 2.63. The van der Waals surface area contributed by atoms with Gasteiger partial charge in [0.1, 0.15) is 0 Å². The van der Waals surface area contributed by atoms with Gasteiger partial charge in [0.2, 0.25) is 0 Å². The lowest BCUT2D eigenvalue weighted by molar-refractivity contribution is 0.272. The van der Waals surface area contributed by atoms with Crippen LogP contribution in [0.2, 0.25) is 0 Å². The Balaban J connectivity index is 2.64. The van der Waals surface area contributed by atoms with Gasteiger partial charge in [0.15, 0.2) is 0 Å². The summed E-state index contributed by atoms with van der Waals surface area (Å²) < 4.78 is 0. The standard InChI is InChI=1S/C14H27N/c1-5-6-10-15-11-13(4)8-7-9-14(15)12(2)3/h9,12-13H,5-8,10-11H2,1-4H3. The van der Waals surface area contributed by atoms with Gasteiger partial charge in [-0.05, 0) is 31.1 Å². The number of hydrogen-bond acceptors (Lipinski definition) is 1. The van der Waals surface area contributed by atoms with Crippen LogP contribution in [0.4, 0.5) is 0 Å². The van der Waals surface area contributed by atoms with Crippen molar-refractivity contribution in [2.45, 2.75) is 53.4 Å². The van der Waals surface area contributed by atoms with Gasteiger partial charge < -0.3 is 4.90 Å². The quantitative estimate of drug-likeness (QED) is 0.675. The second-order valence-corrected chi connectivity index (χ2v) is 5.27. The smallest absolute Gasteiger partial charge is 0.0200 e. The van der Waals surface area contributed by atoms with Crippen molar-refractivity contribution in [1.29, 1.82) is 0 Å². The van der Waals surface area contributed by atoms with Crippen LogP contribution < -0.4 is 0 Å². The molecule has 1 atom stereocenters. The second kappa shape index (κ2) is 6.19. The molecule has 1 unspecified atom stereocenters. The Morgan fingerprint density at radius 1 is 1.47 bits per heavy atom. The molecule has 0 radical (unpaired) electrons. The number of allylic oxidation sites excluding steroid dienone is 2. The Morgan fingerprint density at radius 2 is 2.20 bits per heavy atom. The summed E-state index contributed by atoms with van der Waals surface area (Å²) in [6.07, 6.45) is 7.74. The van der Waals surface area contributed by atoms with E-state index in [1.807, 2.05) is 0 Å². The average molecular weight is 209 g/mol. The first-order valence-corrected chi connectivity index (χ1v) is 6.60. The monoisotopic (exact) mass is 209 g/mol. The van der Waals surface area contributed by atoms with Crippen molar-refractivity contribution in [1.82, 2.24) is 4.90 Å². The van der Waals surface area contributed by atoms with Gasteiger partial charge in [-0.1, -0.05) is 40.2 Å². The number of rotatable bonds is 4. The molecule has 0 saturated carbocycles. The summed E-state index contributed by atoms with van der Waals surface area (Å²) in [6.45, 7) is 11.8. The highest BCUT2D eigenvalue weighted by molar-refractivity contribution is 5.06. The first kappa shape index (κ1) is 12.6. The first-order chi connectivity index (χ1) is 7.15. The molecule has 1 aliphatic heterocycles. The van der Waals surface area contributed by atoms with Gasteiger partial charge in [-0.15, -0.1) is 0 Å². The van der Waals surface area contributed by atoms with Crippen LogP contribution in [0, 0.1) is 11.8 Å². The lowest BCUT2D eigenvalue weighted by atomic mass is 10.1. The summed E-state index contributed by atoms with van der Waals surface area (Å²) >= 11 is 0. The van der Waals surface area contributed by atoms with E-state index in [1.165, 1.54) is 38.8 Å². The van der Waals surface area contributed by atoms with Gasteiger partial charge >= 0.3 is 0 Å². The second-order valence-electron chi connectivity index (χ2n) is 5.27. The largest absolute Gasteiger partial charge is 0.375 e. The SMILES string of the molecule is CCCCN1CC(C)CCC=C1C(C)C. The van der Waals surface area contributed by atoms with Gasteiger partial charge in [0.25, 0.3) is 0 Å². The minimum atomic E-state index is 0.687. The minimum Gasteiger partial charge on any atom is -0.375 e. The Kier molecular flexibility index (Phi) is 5.21. The van der Waals surface area contributed by atoms with Crippen LogP contribution >= 0.6 is 0 Å². The molecular formula is C14H27N. The summed E-state index contributed by atoms with van der Waals surface area (Å²) in [4.78, 5) is 2.63. The number of hydrogen-bond donors (Lipinski definition) is 0. The van der Waals surface area contributed by atoms with Crippen molar-refractivity contribution in [2.75, 3.05) is 13.1 Å². The van der Waals surface area contributed by atoms with E-state index < -0.39 is 0 Å². The van der Waals surface area contributed by atoms with Crippen molar-refractivity contribution < 1.29 is 0 Å². The third-order valence-corrected chi connectivity index (χ3v) is 3.28. The van der Waals surface area contributed by atoms with E-state index in [0.29, 0.717) is 5.92 Å². The lowest BCUT2D eigenvalue weighted by Crippen LogP contribution is -2.29. The van der Waals surface area contributed by atoms with Crippen LogP contribution in [0.25, 0.3) is 0 Å². The average Bonchev–Trinajstić information content (AvgIpc) is 2.36. The molecule has 0 aromatic carbocycles. The summed E-state index contributed by atoms with van der Waals surface area (Å²) in [5.41, 5.74) is 1.59. The molecule has 88 valence electrons. The van der Waals surface area contributed by atoms with E-state index in [0.717, 1.165) is 5.92 Å². The zero-order chi connectivity index (χ0) is 11.3. The zero-order valence-electron chi connectivity index (χ0n) is 10.9. The van der Waals surface area contributed by atoms with E-state index in [-0.39, 0.29) is 0 Å². The highest BCUT2D eigenvalue weighted by atomic mass is 15.1. The molecule has 1 aliphatic rings. The molecular weight excluding hydrogens is 182 g/mol. The Bertz CT molecular complexity index is 205. The fourth-order valence-electron chi connectivity index (χ4n) is 2.39. The summed E-state index contributed by atoms with van der Waals surface area (Å²) in [5, 5.41) is 0. The zero-order valence-corrected chi connectivity index (χ0v) is 10.9. The highest BCUT2D eigenvalue weighted by Gasteiger charge is 2.18. The topological polar surface area (TPSA) is 3.24 Å². The van der Waals surface area contributed by atoms with Crippen molar-refractivity contribution >= 4 is 0 Å². The van der Waals surface area contributed by atoms with Crippen molar-refractivity contribution in [3.8, 4) is 0 Å². The van der Waals surface area contributed by atoms with Crippen LogP contribution in [0.5, 0.6) is 0 Å². The molecule has 1 heteroatoms. The van der Waals surface area contributed by atoms with Gasteiger partial charge in [0, 0.05) is 18.8 Å². The first-order valence-electron chi connectivity index (χ1n) is 6.60. The van der Waals surface area contributed by atoms with E-state index in [4.69, 9.17) is 0 Å². The van der Waals surface area contributed by atoms with Crippen LogP contribution in [0.15, 0.2) is 11.8 Å². The molecule has 0 fully saturated rings. The van der Waals surface area contributed by atoms with Crippen LogP contribution in [0.1, 0.15) is 53.4 Å². The van der Waals surface area contributed by atoms with Crippen LogP contribution in [-0.2, 0) is 0 Å². The fraction of sp³-hybridized carbons (Fsp3) is 0.857. The van der Waals surface area contributed by atoms with E-state index in [1.54, 1.807) is 5.70 Å². The van der Waals surface area contributed by atoms with Crippen LogP contribution in [0.3, 0.4) is 0 Å². The Labute approximate surface area is 95.5 Å². The number of unbranched alkanes of at least 4 members (excludes halogenated alkanes) is 1. The van der Waals surface area contributed by atoms with Crippen molar-refractivity contribution in [2.24, 2.45) is 11.8 Å². The maximum Gasteiger partial charge on any atom is 0.0200 e. The normalized spacial score (nSPS) is 22.9. The molecule has 1 rings (SSSR count). The van der Waals surface area contributed by atoms with E-state index in [9.17, 15) is 0 Å². The molecule has 0 spiro atoms. The predicted molar refractivity (Wildman–Crippen MR) is 67.8 cm³/mol. The fourth-order valence-corrected chi connectivity index (χ4v) is 2.39. The lowest BCUT2D eigenvalue weighted by Gasteiger charge is -2.30.